The van der Waals surface area contributed by atoms with Crippen LogP contribution in [0.5, 0.6) is 0 Å². The number of anilines is 2. The molecule has 0 aliphatic rings. The van der Waals surface area contributed by atoms with Gasteiger partial charge in [0.1, 0.15) is 11.6 Å². The van der Waals surface area contributed by atoms with Crippen LogP contribution in [0.4, 0.5) is 24.8 Å². The van der Waals surface area contributed by atoms with Crippen LogP contribution in [-0.2, 0) is 0 Å². The van der Waals surface area contributed by atoms with Gasteiger partial charge in [-0.1, -0.05) is 23.2 Å². The second-order valence-corrected chi connectivity index (χ2v) is 4.26. The zero-order valence-corrected chi connectivity index (χ0v) is 10.4. The van der Waals surface area contributed by atoms with Gasteiger partial charge in [-0.15, -0.1) is 0 Å². The van der Waals surface area contributed by atoms with Gasteiger partial charge < -0.3 is 10.6 Å². The quantitative estimate of drug-likeness (QED) is 0.927. The number of rotatable bonds is 3. The predicted molar refractivity (Wildman–Crippen MR) is 62.6 cm³/mol. The fourth-order valence-corrected chi connectivity index (χ4v) is 1.64. The van der Waals surface area contributed by atoms with Gasteiger partial charge in [-0.25, -0.2) is 4.98 Å². The van der Waals surface area contributed by atoms with Crippen LogP contribution < -0.4 is 10.6 Å². The van der Waals surface area contributed by atoms with Gasteiger partial charge in [0.05, 0.1) is 16.5 Å². The van der Waals surface area contributed by atoms with Crippen LogP contribution in [0, 0.1) is 0 Å². The van der Waals surface area contributed by atoms with E-state index in [0.717, 1.165) is 0 Å². The highest BCUT2D eigenvalue weighted by molar-refractivity contribution is 6.37. The lowest BCUT2D eigenvalue weighted by molar-refractivity contribution is -0.132. The minimum Gasteiger partial charge on any atom is -0.382 e. The summed E-state index contributed by atoms with van der Waals surface area (Å²) in [7, 11) is 1.45. The van der Waals surface area contributed by atoms with Crippen molar-refractivity contribution in [1.82, 2.24) is 4.98 Å². The van der Waals surface area contributed by atoms with Crippen LogP contribution in [0.1, 0.15) is 6.42 Å². The maximum Gasteiger partial charge on any atom is 0.390 e. The standard InChI is InChI=1S/C9H10Cl2F3N3/c1-17(3-2-9(12,13)14)8-6(11)4-5(10)7(15)16-8/h4H,2-3H2,1H3,(H2,15,16). The molecule has 0 aliphatic heterocycles. The van der Waals surface area contributed by atoms with E-state index in [2.05, 4.69) is 4.98 Å². The van der Waals surface area contributed by atoms with Crippen molar-refractivity contribution in [2.75, 3.05) is 24.2 Å². The molecule has 0 radical (unpaired) electrons. The molecule has 1 aromatic heterocycles. The maximum atomic E-state index is 12.0. The van der Waals surface area contributed by atoms with E-state index in [4.69, 9.17) is 28.9 Å². The number of aromatic nitrogens is 1. The molecule has 96 valence electrons. The van der Waals surface area contributed by atoms with Gasteiger partial charge in [-0.05, 0) is 6.07 Å². The van der Waals surface area contributed by atoms with E-state index < -0.39 is 12.6 Å². The topological polar surface area (TPSA) is 42.2 Å². The second kappa shape index (κ2) is 5.18. The van der Waals surface area contributed by atoms with Crippen LogP contribution in [-0.4, -0.2) is 24.8 Å². The Labute approximate surface area is 106 Å². The average Bonchev–Trinajstić information content (AvgIpc) is 2.19. The first-order valence-electron chi connectivity index (χ1n) is 4.60. The van der Waals surface area contributed by atoms with Gasteiger partial charge in [0.15, 0.2) is 0 Å². The number of nitrogen functional groups attached to an aromatic ring is 1. The normalized spacial score (nSPS) is 11.6. The Morgan fingerprint density at radius 1 is 1.35 bits per heavy atom. The van der Waals surface area contributed by atoms with Crippen molar-refractivity contribution in [2.24, 2.45) is 0 Å². The van der Waals surface area contributed by atoms with Gasteiger partial charge in [0, 0.05) is 13.6 Å². The molecule has 0 fully saturated rings. The highest BCUT2D eigenvalue weighted by Gasteiger charge is 2.27. The summed E-state index contributed by atoms with van der Waals surface area (Å²) < 4.78 is 36.1. The van der Waals surface area contributed by atoms with Gasteiger partial charge in [-0.3, -0.25) is 0 Å². The molecule has 0 atom stereocenters. The molecule has 0 aromatic carbocycles. The van der Waals surface area contributed by atoms with E-state index in [1.165, 1.54) is 18.0 Å². The number of pyridine rings is 1. The number of hydrogen-bond donors (Lipinski definition) is 1. The van der Waals surface area contributed by atoms with Crippen LogP contribution in [0.25, 0.3) is 0 Å². The molecule has 0 bridgehead atoms. The summed E-state index contributed by atoms with van der Waals surface area (Å²) in [6, 6.07) is 1.35. The SMILES string of the molecule is CN(CCC(F)(F)F)c1nc(N)c(Cl)cc1Cl. The number of hydrogen-bond acceptors (Lipinski definition) is 3. The molecule has 8 heteroatoms. The Morgan fingerprint density at radius 2 is 1.94 bits per heavy atom. The molecule has 0 saturated heterocycles. The summed E-state index contributed by atoms with van der Waals surface area (Å²) in [4.78, 5) is 5.13. The van der Waals surface area contributed by atoms with Crippen molar-refractivity contribution in [2.45, 2.75) is 12.6 Å². The van der Waals surface area contributed by atoms with Gasteiger partial charge in [0.25, 0.3) is 0 Å². The lowest BCUT2D eigenvalue weighted by Crippen LogP contribution is -2.25. The molecule has 2 N–H and O–H groups in total. The van der Waals surface area contributed by atoms with Crippen LogP contribution in [0.15, 0.2) is 6.07 Å². The van der Waals surface area contributed by atoms with Crippen molar-refractivity contribution in [3.63, 3.8) is 0 Å². The summed E-state index contributed by atoms with van der Waals surface area (Å²) >= 11 is 11.5. The Bertz CT molecular complexity index is 409. The van der Waals surface area contributed by atoms with Gasteiger partial charge >= 0.3 is 6.18 Å². The van der Waals surface area contributed by atoms with Crippen molar-refractivity contribution >= 4 is 34.8 Å². The van der Waals surface area contributed by atoms with E-state index in [1.807, 2.05) is 0 Å². The second-order valence-electron chi connectivity index (χ2n) is 3.45. The molecule has 17 heavy (non-hydrogen) atoms. The minimum absolute atomic E-state index is 0.0323. The zero-order chi connectivity index (χ0) is 13.2. The van der Waals surface area contributed by atoms with Crippen LogP contribution in [0.3, 0.4) is 0 Å². The third kappa shape index (κ3) is 4.12. The summed E-state index contributed by atoms with van der Waals surface area (Å²) in [6.07, 6.45) is -5.18. The first-order valence-corrected chi connectivity index (χ1v) is 5.35. The summed E-state index contributed by atoms with van der Waals surface area (Å²) in [5.41, 5.74) is 5.46. The molecule has 0 saturated carbocycles. The third-order valence-electron chi connectivity index (χ3n) is 2.03. The van der Waals surface area contributed by atoms with Gasteiger partial charge in [-0.2, -0.15) is 13.2 Å². The Morgan fingerprint density at radius 3 is 2.47 bits per heavy atom. The molecule has 3 nitrogen and oxygen atoms in total. The van der Waals surface area contributed by atoms with Crippen molar-refractivity contribution in [3.05, 3.63) is 16.1 Å². The van der Waals surface area contributed by atoms with E-state index in [-0.39, 0.29) is 28.2 Å². The average molecular weight is 288 g/mol. The first-order chi connectivity index (χ1) is 7.70. The number of nitrogens with zero attached hydrogens (tertiary/aromatic N) is 2. The van der Waals surface area contributed by atoms with Crippen molar-refractivity contribution in [1.29, 1.82) is 0 Å². The summed E-state index contributed by atoms with van der Waals surface area (Å²) in [5, 5.41) is 0.330. The zero-order valence-electron chi connectivity index (χ0n) is 8.85. The monoisotopic (exact) mass is 287 g/mol. The van der Waals surface area contributed by atoms with Gasteiger partial charge in [0.2, 0.25) is 0 Å². The molecular formula is C9H10Cl2F3N3. The third-order valence-corrected chi connectivity index (χ3v) is 2.61. The van der Waals surface area contributed by atoms with Crippen LogP contribution in [0.2, 0.25) is 10.0 Å². The van der Waals surface area contributed by atoms with E-state index in [1.54, 1.807) is 0 Å². The van der Waals surface area contributed by atoms with Crippen LogP contribution >= 0.6 is 23.2 Å². The smallest absolute Gasteiger partial charge is 0.382 e. The molecule has 0 amide bonds. The Hall–Kier alpha value is -0.880. The fourth-order valence-electron chi connectivity index (χ4n) is 1.14. The largest absolute Gasteiger partial charge is 0.390 e. The highest BCUT2D eigenvalue weighted by atomic mass is 35.5. The van der Waals surface area contributed by atoms with E-state index in [0.29, 0.717) is 0 Å². The molecule has 0 spiro atoms. The lowest BCUT2D eigenvalue weighted by atomic mass is 10.3. The Balaban J connectivity index is 2.82. The molecule has 1 rings (SSSR count). The number of alkyl halides is 3. The fraction of sp³-hybridized carbons (Fsp3) is 0.444. The molecule has 0 unspecified atom stereocenters. The lowest BCUT2D eigenvalue weighted by Gasteiger charge is -2.20. The molecule has 1 aromatic rings. The number of nitrogens with two attached hydrogens (primary N) is 1. The maximum absolute atomic E-state index is 12.0. The van der Waals surface area contributed by atoms with E-state index >= 15 is 0 Å². The predicted octanol–water partition coefficient (Wildman–Crippen LogP) is 3.36. The molecular weight excluding hydrogens is 278 g/mol. The highest BCUT2D eigenvalue weighted by Crippen LogP contribution is 2.30. The first kappa shape index (κ1) is 14.2. The molecule has 0 aliphatic carbocycles. The van der Waals surface area contributed by atoms with Crippen molar-refractivity contribution < 1.29 is 13.2 Å². The summed E-state index contributed by atoms with van der Waals surface area (Å²) in [6.45, 7) is -0.253. The minimum atomic E-state index is -4.22. The van der Waals surface area contributed by atoms with Crippen molar-refractivity contribution in [3.8, 4) is 0 Å². The van der Waals surface area contributed by atoms with E-state index in [9.17, 15) is 13.2 Å². The Kier molecular flexibility index (Phi) is 4.32. The summed E-state index contributed by atoms with van der Waals surface area (Å²) in [5.74, 6) is 0.211. The number of halogens is 5. The molecule has 1 heterocycles.